The quantitative estimate of drug-likeness (QED) is 0.382. The van der Waals surface area contributed by atoms with Crippen molar-refractivity contribution in [3.05, 3.63) is 83.9 Å². The molecule has 7 heteroatoms. The van der Waals surface area contributed by atoms with E-state index in [4.69, 9.17) is 18.9 Å². The van der Waals surface area contributed by atoms with Crippen LogP contribution in [0, 0.1) is 0 Å². The number of hydrogen-bond donors (Lipinski definition) is 1. The highest BCUT2D eigenvalue weighted by Gasteiger charge is 2.14. The topological polar surface area (TPSA) is 78.4 Å². The van der Waals surface area contributed by atoms with E-state index >= 15 is 0 Å². The van der Waals surface area contributed by atoms with E-state index in [0.717, 1.165) is 11.3 Å². The van der Waals surface area contributed by atoms with Crippen molar-refractivity contribution in [2.24, 2.45) is 5.10 Å². The number of hydrazone groups is 1. The Morgan fingerprint density at radius 3 is 2.34 bits per heavy atom. The lowest BCUT2D eigenvalue weighted by Gasteiger charge is -2.14. The van der Waals surface area contributed by atoms with Crippen molar-refractivity contribution in [2.75, 3.05) is 14.2 Å². The summed E-state index contributed by atoms with van der Waals surface area (Å²) in [6.07, 6.45) is 0.751. The van der Waals surface area contributed by atoms with Gasteiger partial charge in [-0.25, -0.2) is 5.43 Å². The Labute approximate surface area is 187 Å². The third-order valence-corrected chi connectivity index (χ3v) is 4.57. The number of carbonyl (C=O) groups is 1. The second-order valence-corrected chi connectivity index (χ2v) is 6.82. The summed E-state index contributed by atoms with van der Waals surface area (Å²) in [7, 11) is 3.10. The van der Waals surface area contributed by atoms with E-state index in [1.165, 1.54) is 6.21 Å². The number of nitrogens with one attached hydrogen (secondary N) is 1. The van der Waals surface area contributed by atoms with Crippen molar-refractivity contribution in [1.82, 2.24) is 5.43 Å². The number of amides is 1. The fraction of sp³-hybridized carbons (Fsp3) is 0.200. The minimum atomic E-state index is -0.740. The predicted octanol–water partition coefficient (Wildman–Crippen LogP) is 4.20. The van der Waals surface area contributed by atoms with Crippen LogP contribution in [0.25, 0.3) is 0 Å². The molecule has 0 aliphatic rings. The van der Waals surface area contributed by atoms with Crippen molar-refractivity contribution in [3.63, 3.8) is 0 Å². The van der Waals surface area contributed by atoms with Crippen molar-refractivity contribution >= 4 is 12.1 Å². The van der Waals surface area contributed by atoms with E-state index in [1.807, 2.05) is 36.4 Å². The molecule has 0 fully saturated rings. The van der Waals surface area contributed by atoms with Gasteiger partial charge in [-0.3, -0.25) is 4.79 Å². The maximum absolute atomic E-state index is 12.3. The zero-order chi connectivity index (χ0) is 22.8. The van der Waals surface area contributed by atoms with Crippen molar-refractivity contribution in [1.29, 1.82) is 0 Å². The van der Waals surface area contributed by atoms with E-state index in [1.54, 1.807) is 57.5 Å². The van der Waals surface area contributed by atoms with Crippen LogP contribution in [-0.4, -0.2) is 32.4 Å². The third-order valence-electron chi connectivity index (χ3n) is 4.57. The van der Waals surface area contributed by atoms with Crippen LogP contribution in [0.5, 0.6) is 23.0 Å². The molecule has 0 saturated carbocycles. The number of para-hydroxylation sites is 1. The molecule has 166 valence electrons. The van der Waals surface area contributed by atoms with Crippen LogP contribution in [-0.2, 0) is 11.4 Å². The van der Waals surface area contributed by atoms with Gasteiger partial charge in [-0.1, -0.05) is 36.4 Å². The molecule has 0 aliphatic carbocycles. The second-order valence-electron chi connectivity index (χ2n) is 6.82. The minimum absolute atomic E-state index is 0.382. The molecule has 3 rings (SSSR count). The lowest BCUT2D eigenvalue weighted by atomic mass is 10.2. The van der Waals surface area contributed by atoms with Crippen LogP contribution < -0.4 is 24.4 Å². The monoisotopic (exact) mass is 434 g/mol. The van der Waals surface area contributed by atoms with Gasteiger partial charge in [-0.05, 0) is 48.9 Å². The molecular formula is C25H26N2O5. The Morgan fingerprint density at radius 2 is 1.66 bits per heavy atom. The highest BCUT2D eigenvalue weighted by atomic mass is 16.5. The van der Waals surface area contributed by atoms with Gasteiger partial charge >= 0.3 is 0 Å². The van der Waals surface area contributed by atoms with Gasteiger partial charge in [-0.2, -0.15) is 5.10 Å². The van der Waals surface area contributed by atoms with E-state index < -0.39 is 6.10 Å². The third kappa shape index (κ3) is 6.25. The molecule has 7 nitrogen and oxygen atoms in total. The maximum Gasteiger partial charge on any atom is 0.280 e. The normalized spacial score (nSPS) is 11.6. The van der Waals surface area contributed by atoms with Crippen LogP contribution in [0.3, 0.4) is 0 Å². The van der Waals surface area contributed by atoms with Gasteiger partial charge in [0.1, 0.15) is 18.1 Å². The van der Waals surface area contributed by atoms with Crippen molar-refractivity contribution in [3.8, 4) is 23.0 Å². The molecule has 3 aromatic carbocycles. The van der Waals surface area contributed by atoms with Crippen LogP contribution in [0.15, 0.2) is 77.9 Å². The standard InChI is InChI=1S/C25H26N2O5/c1-18(25(28)27-26-16-20-10-7-11-23(29-2)24(20)30-3)32-22-14-12-21(13-15-22)31-17-19-8-5-4-6-9-19/h4-16,18H,17H2,1-3H3,(H,27,28)/b26-16-/t18-/m0/s1. The molecule has 0 saturated heterocycles. The first-order chi connectivity index (χ1) is 15.6. The average Bonchev–Trinajstić information content (AvgIpc) is 2.83. The Kier molecular flexibility index (Phi) is 8.09. The van der Waals surface area contributed by atoms with Gasteiger partial charge in [0.25, 0.3) is 5.91 Å². The molecule has 0 unspecified atom stereocenters. The van der Waals surface area contributed by atoms with E-state index in [0.29, 0.717) is 29.4 Å². The number of carbonyl (C=O) groups excluding carboxylic acids is 1. The van der Waals surface area contributed by atoms with E-state index in [9.17, 15) is 4.79 Å². The number of rotatable bonds is 10. The molecule has 0 spiro atoms. The molecular weight excluding hydrogens is 408 g/mol. The summed E-state index contributed by atoms with van der Waals surface area (Å²) in [5.41, 5.74) is 4.24. The fourth-order valence-corrected chi connectivity index (χ4v) is 2.88. The molecule has 0 bridgehead atoms. The Balaban J connectivity index is 1.50. The second kappa shape index (κ2) is 11.4. The smallest absolute Gasteiger partial charge is 0.280 e. The van der Waals surface area contributed by atoms with Crippen LogP contribution >= 0.6 is 0 Å². The van der Waals surface area contributed by atoms with Gasteiger partial charge in [-0.15, -0.1) is 0 Å². The predicted molar refractivity (Wildman–Crippen MR) is 123 cm³/mol. The summed E-state index contributed by atoms with van der Waals surface area (Å²) in [6, 6.07) is 22.4. The highest BCUT2D eigenvalue weighted by molar-refractivity contribution is 5.87. The zero-order valence-electron chi connectivity index (χ0n) is 18.3. The number of ether oxygens (including phenoxy) is 4. The van der Waals surface area contributed by atoms with Gasteiger partial charge < -0.3 is 18.9 Å². The summed E-state index contributed by atoms with van der Waals surface area (Å²) in [4.78, 5) is 12.3. The number of nitrogens with zero attached hydrogens (tertiary/aromatic N) is 1. The first-order valence-corrected chi connectivity index (χ1v) is 10.1. The lowest BCUT2D eigenvalue weighted by molar-refractivity contribution is -0.127. The lowest BCUT2D eigenvalue weighted by Crippen LogP contribution is -2.33. The molecule has 32 heavy (non-hydrogen) atoms. The van der Waals surface area contributed by atoms with Crippen LogP contribution in [0.2, 0.25) is 0 Å². The molecule has 3 aromatic rings. The Hall–Kier alpha value is -4.00. The molecule has 1 N–H and O–H groups in total. The summed E-state index contributed by atoms with van der Waals surface area (Å²) in [5.74, 6) is 2.00. The first-order valence-electron chi connectivity index (χ1n) is 10.1. The molecule has 0 aromatic heterocycles. The maximum atomic E-state index is 12.3. The number of methoxy groups -OCH3 is 2. The summed E-state index contributed by atoms with van der Waals surface area (Å²) in [5, 5.41) is 4.00. The van der Waals surface area contributed by atoms with E-state index in [2.05, 4.69) is 10.5 Å². The molecule has 0 aliphatic heterocycles. The van der Waals surface area contributed by atoms with Gasteiger partial charge in [0, 0.05) is 5.56 Å². The summed E-state index contributed by atoms with van der Waals surface area (Å²) in [6.45, 7) is 2.13. The van der Waals surface area contributed by atoms with Crippen LogP contribution in [0.1, 0.15) is 18.1 Å². The molecule has 0 radical (unpaired) electrons. The first kappa shape index (κ1) is 22.7. The van der Waals surface area contributed by atoms with Gasteiger partial charge in [0.2, 0.25) is 0 Å². The summed E-state index contributed by atoms with van der Waals surface area (Å²) >= 11 is 0. The summed E-state index contributed by atoms with van der Waals surface area (Å²) < 4.78 is 22.0. The Bertz CT molecular complexity index is 1040. The molecule has 0 heterocycles. The van der Waals surface area contributed by atoms with Crippen molar-refractivity contribution in [2.45, 2.75) is 19.6 Å². The largest absolute Gasteiger partial charge is 0.493 e. The van der Waals surface area contributed by atoms with Gasteiger partial charge in [0.15, 0.2) is 17.6 Å². The molecule has 1 atom stereocenters. The fourth-order valence-electron chi connectivity index (χ4n) is 2.88. The average molecular weight is 434 g/mol. The zero-order valence-corrected chi connectivity index (χ0v) is 18.3. The SMILES string of the molecule is COc1cccc(/C=N\NC(=O)[C@H](C)Oc2ccc(OCc3ccccc3)cc2)c1OC. The Morgan fingerprint density at radius 1 is 0.938 bits per heavy atom. The van der Waals surface area contributed by atoms with E-state index in [-0.39, 0.29) is 5.91 Å². The van der Waals surface area contributed by atoms with Gasteiger partial charge in [0.05, 0.1) is 20.4 Å². The van der Waals surface area contributed by atoms with Crippen molar-refractivity contribution < 1.29 is 23.7 Å². The molecule has 1 amide bonds. The number of hydrogen-bond acceptors (Lipinski definition) is 6. The van der Waals surface area contributed by atoms with Crippen LogP contribution in [0.4, 0.5) is 0 Å². The minimum Gasteiger partial charge on any atom is -0.493 e. The number of benzene rings is 3. The highest BCUT2D eigenvalue weighted by Crippen LogP contribution is 2.29.